The van der Waals surface area contributed by atoms with E-state index in [-0.39, 0.29) is 0 Å². The predicted octanol–water partition coefficient (Wildman–Crippen LogP) is 2.04. The van der Waals surface area contributed by atoms with Crippen molar-refractivity contribution in [3.05, 3.63) is 34.5 Å². The van der Waals surface area contributed by atoms with Gasteiger partial charge in [-0.2, -0.15) is 5.10 Å². The van der Waals surface area contributed by atoms with Gasteiger partial charge in [-0.3, -0.25) is 5.10 Å². The molecule has 2 rings (SSSR count). The highest BCUT2D eigenvalue weighted by Crippen LogP contribution is 2.07. The van der Waals surface area contributed by atoms with Gasteiger partial charge in [0.1, 0.15) is 0 Å². The first-order chi connectivity index (χ1) is 6.45. The molecular weight excluding hydrogens is 182 g/mol. The smallest absolute Gasteiger partial charge is 0.0794 e. The Labute approximate surface area is 80.8 Å². The molecule has 0 aromatic carbocycles. The lowest BCUT2D eigenvalue weighted by molar-refractivity contribution is 0.805. The molecule has 0 unspecified atom stereocenters. The van der Waals surface area contributed by atoms with Crippen molar-refractivity contribution in [3.63, 3.8) is 0 Å². The van der Waals surface area contributed by atoms with Crippen molar-refractivity contribution in [2.75, 3.05) is 0 Å². The Hall–Kier alpha value is -1.16. The van der Waals surface area contributed by atoms with Crippen LogP contribution in [0.25, 0.3) is 0 Å². The van der Waals surface area contributed by atoms with Crippen LogP contribution in [-0.2, 0) is 12.8 Å². The van der Waals surface area contributed by atoms with Crippen LogP contribution in [0.5, 0.6) is 0 Å². The molecule has 2 heterocycles. The molecule has 1 N–H and O–H groups in total. The average Bonchev–Trinajstić information content (AvgIpc) is 2.75. The van der Waals surface area contributed by atoms with E-state index < -0.39 is 0 Å². The molecular formula is C9H11N3S. The fraction of sp³-hybridized carbons (Fsp3) is 0.333. The Morgan fingerprint density at radius 1 is 1.38 bits per heavy atom. The summed E-state index contributed by atoms with van der Waals surface area (Å²) in [6.45, 7) is 0. The van der Waals surface area contributed by atoms with Crippen molar-refractivity contribution < 1.29 is 0 Å². The van der Waals surface area contributed by atoms with Crippen LogP contribution in [0.4, 0.5) is 0 Å². The van der Waals surface area contributed by atoms with Gasteiger partial charge in [0.25, 0.3) is 0 Å². The molecule has 2 aromatic rings. The van der Waals surface area contributed by atoms with Gasteiger partial charge in [0, 0.05) is 11.6 Å². The zero-order valence-corrected chi connectivity index (χ0v) is 8.05. The molecule has 0 aliphatic rings. The highest BCUT2D eigenvalue weighted by atomic mass is 32.1. The van der Waals surface area contributed by atoms with Crippen LogP contribution in [0.3, 0.4) is 0 Å². The van der Waals surface area contributed by atoms with Crippen molar-refractivity contribution in [3.8, 4) is 0 Å². The van der Waals surface area contributed by atoms with Crippen LogP contribution in [0.2, 0.25) is 0 Å². The number of hydrogen-bond donors (Lipinski definition) is 1. The minimum Gasteiger partial charge on any atom is -0.285 e. The van der Waals surface area contributed by atoms with Gasteiger partial charge < -0.3 is 0 Å². The summed E-state index contributed by atoms with van der Waals surface area (Å²) in [5.74, 6) is 0. The molecule has 3 nitrogen and oxygen atoms in total. The summed E-state index contributed by atoms with van der Waals surface area (Å²) >= 11 is 1.66. The Morgan fingerprint density at radius 3 is 3.08 bits per heavy atom. The molecule has 4 heteroatoms. The lowest BCUT2D eigenvalue weighted by Crippen LogP contribution is -1.88. The number of nitrogens with zero attached hydrogens (tertiary/aromatic N) is 2. The maximum absolute atomic E-state index is 4.23. The third kappa shape index (κ3) is 2.39. The second kappa shape index (κ2) is 4.18. The van der Waals surface area contributed by atoms with E-state index in [0.717, 1.165) is 19.3 Å². The van der Waals surface area contributed by atoms with Crippen molar-refractivity contribution >= 4 is 11.3 Å². The third-order valence-corrected chi connectivity index (χ3v) is 2.57. The fourth-order valence-corrected chi connectivity index (χ4v) is 1.84. The Kier molecular flexibility index (Phi) is 2.72. The number of aromatic amines is 1. The molecule has 0 aliphatic heterocycles. The lowest BCUT2D eigenvalue weighted by Gasteiger charge is -1.94. The summed E-state index contributed by atoms with van der Waals surface area (Å²) in [6, 6.07) is 0. The Balaban J connectivity index is 1.76. The van der Waals surface area contributed by atoms with Crippen LogP contribution >= 0.6 is 11.3 Å². The van der Waals surface area contributed by atoms with E-state index in [9.17, 15) is 0 Å². The first kappa shape index (κ1) is 8.44. The van der Waals surface area contributed by atoms with Crippen molar-refractivity contribution in [2.45, 2.75) is 19.3 Å². The minimum absolute atomic E-state index is 1.06. The van der Waals surface area contributed by atoms with Gasteiger partial charge in [0.2, 0.25) is 0 Å². The molecule has 0 saturated heterocycles. The first-order valence-corrected chi connectivity index (χ1v) is 5.24. The summed E-state index contributed by atoms with van der Waals surface area (Å²) in [5, 5.41) is 8.82. The monoisotopic (exact) mass is 193 g/mol. The van der Waals surface area contributed by atoms with E-state index in [1.54, 1.807) is 11.3 Å². The molecule has 0 saturated carbocycles. The second-order valence-corrected chi connectivity index (χ2v) is 3.66. The number of hydrogen-bond acceptors (Lipinski definition) is 3. The minimum atomic E-state index is 1.06. The highest BCUT2D eigenvalue weighted by Gasteiger charge is 1.97. The van der Waals surface area contributed by atoms with Gasteiger partial charge in [0.05, 0.1) is 17.4 Å². The van der Waals surface area contributed by atoms with Gasteiger partial charge in [-0.15, -0.1) is 11.3 Å². The van der Waals surface area contributed by atoms with Crippen LogP contribution in [0.1, 0.15) is 17.7 Å². The van der Waals surface area contributed by atoms with Gasteiger partial charge >= 0.3 is 0 Å². The lowest BCUT2D eigenvalue weighted by atomic mass is 10.1. The zero-order valence-electron chi connectivity index (χ0n) is 7.23. The van der Waals surface area contributed by atoms with E-state index >= 15 is 0 Å². The number of H-pyrrole nitrogens is 1. The highest BCUT2D eigenvalue weighted by molar-refractivity contribution is 7.07. The normalized spacial score (nSPS) is 10.5. The van der Waals surface area contributed by atoms with Crippen LogP contribution in [0, 0.1) is 0 Å². The van der Waals surface area contributed by atoms with Crippen LogP contribution in [-0.4, -0.2) is 15.2 Å². The largest absolute Gasteiger partial charge is 0.285 e. The van der Waals surface area contributed by atoms with E-state index in [1.807, 2.05) is 17.9 Å². The van der Waals surface area contributed by atoms with Gasteiger partial charge in [-0.05, 0) is 24.8 Å². The van der Waals surface area contributed by atoms with E-state index in [0.29, 0.717) is 0 Å². The summed E-state index contributed by atoms with van der Waals surface area (Å²) in [7, 11) is 0. The van der Waals surface area contributed by atoms with Gasteiger partial charge in [0.15, 0.2) is 0 Å². The average molecular weight is 193 g/mol. The zero-order chi connectivity index (χ0) is 8.93. The van der Waals surface area contributed by atoms with E-state index in [2.05, 4.69) is 20.6 Å². The number of thiazole rings is 1. The molecule has 0 radical (unpaired) electrons. The van der Waals surface area contributed by atoms with E-state index in [1.165, 1.54) is 11.3 Å². The number of rotatable bonds is 4. The molecule has 13 heavy (non-hydrogen) atoms. The molecule has 0 fully saturated rings. The van der Waals surface area contributed by atoms with Crippen LogP contribution < -0.4 is 0 Å². The Morgan fingerprint density at radius 2 is 2.38 bits per heavy atom. The van der Waals surface area contributed by atoms with Gasteiger partial charge in [-0.25, -0.2) is 4.98 Å². The molecule has 0 amide bonds. The SMILES string of the molecule is c1nc(CCCc2cn[nH]c2)cs1. The first-order valence-electron chi connectivity index (χ1n) is 4.30. The second-order valence-electron chi connectivity index (χ2n) is 2.94. The number of nitrogens with one attached hydrogen (secondary N) is 1. The fourth-order valence-electron chi connectivity index (χ4n) is 1.25. The maximum atomic E-state index is 4.23. The quantitative estimate of drug-likeness (QED) is 0.807. The number of aromatic nitrogens is 3. The Bertz CT molecular complexity index is 291. The topological polar surface area (TPSA) is 41.6 Å². The summed E-state index contributed by atoms with van der Waals surface area (Å²) in [5.41, 5.74) is 4.36. The maximum Gasteiger partial charge on any atom is 0.0794 e. The number of aryl methyl sites for hydroxylation is 2. The molecule has 68 valence electrons. The predicted molar refractivity (Wildman–Crippen MR) is 52.7 cm³/mol. The van der Waals surface area contributed by atoms with Crippen molar-refractivity contribution in [1.82, 2.24) is 15.2 Å². The molecule has 0 spiro atoms. The third-order valence-electron chi connectivity index (χ3n) is 1.94. The molecule has 2 aromatic heterocycles. The molecule has 0 atom stereocenters. The summed E-state index contributed by atoms with van der Waals surface area (Å²) < 4.78 is 0. The van der Waals surface area contributed by atoms with E-state index in [4.69, 9.17) is 0 Å². The van der Waals surface area contributed by atoms with Crippen molar-refractivity contribution in [1.29, 1.82) is 0 Å². The summed E-state index contributed by atoms with van der Waals surface area (Å²) in [4.78, 5) is 4.23. The summed E-state index contributed by atoms with van der Waals surface area (Å²) in [6.07, 6.45) is 7.11. The van der Waals surface area contributed by atoms with Gasteiger partial charge in [-0.1, -0.05) is 0 Å². The molecule has 0 aliphatic carbocycles. The van der Waals surface area contributed by atoms with Crippen LogP contribution in [0.15, 0.2) is 23.3 Å². The standard InChI is InChI=1S/C9H11N3S/c1(2-8-4-11-12-5-8)3-9-6-13-7-10-9/h4-7H,1-3H2,(H,11,12). The van der Waals surface area contributed by atoms with Crippen molar-refractivity contribution in [2.24, 2.45) is 0 Å². The molecule has 0 bridgehead atoms.